The fourth-order valence-corrected chi connectivity index (χ4v) is 6.35. The van der Waals surface area contributed by atoms with Crippen LogP contribution in [0, 0.1) is 11.3 Å². The predicted octanol–water partition coefficient (Wildman–Crippen LogP) is 7.42. The number of aromatic nitrogens is 3. The lowest BCUT2D eigenvalue weighted by molar-refractivity contribution is 0.0720. The van der Waals surface area contributed by atoms with Gasteiger partial charge in [-0.2, -0.15) is 5.26 Å². The number of hydrogen-bond acceptors (Lipinski definition) is 4. The summed E-state index contributed by atoms with van der Waals surface area (Å²) < 4.78 is 2.02. The quantitative estimate of drug-likeness (QED) is 0.192. The Morgan fingerprint density at radius 1 is 0.872 bits per heavy atom. The van der Waals surface area contributed by atoms with Gasteiger partial charge in [0.1, 0.15) is 5.69 Å². The number of rotatable bonds is 8. The third-order valence-corrected chi connectivity index (χ3v) is 8.83. The first-order valence-corrected chi connectivity index (χ1v) is 15.9. The first-order chi connectivity index (χ1) is 23.1. The van der Waals surface area contributed by atoms with Crippen LogP contribution in [0.3, 0.4) is 0 Å². The maximum Gasteiger partial charge on any atom is 0.270 e. The van der Waals surface area contributed by atoms with E-state index in [1.54, 1.807) is 29.6 Å². The first kappa shape index (κ1) is 29.8. The van der Waals surface area contributed by atoms with E-state index in [9.17, 15) is 14.9 Å². The third-order valence-electron chi connectivity index (χ3n) is 8.83. The highest BCUT2D eigenvalue weighted by molar-refractivity contribution is 6.12. The number of imidazole rings is 1. The van der Waals surface area contributed by atoms with Crippen LogP contribution in [0.1, 0.15) is 56.9 Å². The highest BCUT2D eigenvalue weighted by atomic mass is 16.2. The first-order valence-electron chi connectivity index (χ1n) is 15.9. The molecule has 7 rings (SSSR count). The second-order valence-electron chi connectivity index (χ2n) is 11.9. The number of nitriles is 1. The molecule has 0 saturated carbocycles. The predicted molar refractivity (Wildman–Crippen MR) is 183 cm³/mol. The molecule has 1 aliphatic heterocycles. The van der Waals surface area contributed by atoms with E-state index in [-0.39, 0.29) is 18.4 Å². The van der Waals surface area contributed by atoms with E-state index in [4.69, 9.17) is 0 Å². The van der Waals surface area contributed by atoms with Gasteiger partial charge in [-0.25, -0.2) is 4.98 Å². The van der Waals surface area contributed by atoms with Crippen molar-refractivity contribution in [2.75, 3.05) is 18.0 Å². The molecule has 0 radical (unpaired) electrons. The average molecular weight is 619 g/mol. The molecule has 1 fully saturated rings. The van der Waals surface area contributed by atoms with Crippen LogP contribution in [-0.4, -0.2) is 44.3 Å². The van der Waals surface area contributed by atoms with Gasteiger partial charge in [0.15, 0.2) is 0 Å². The normalized spacial score (nSPS) is 13.0. The van der Waals surface area contributed by atoms with Crippen molar-refractivity contribution in [3.05, 3.63) is 144 Å². The minimum absolute atomic E-state index is 0.00484. The lowest BCUT2D eigenvalue weighted by Gasteiger charge is -2.26. The van der Waals surface area contributed by atoms with E-state index in [2.05, 4.69) is 16.0 Å². The van der Waals surface area contributed by atoms with E-state index in [1.165, 1.54) is 0 Å². The molecule has 0 spiro atoms. The van der Waals surface area contributed by atoms with E-state index in [0.717, 1.165) is 65.6 Å². The Morgan fingerprint density at radius 2 is 1.60 bits per heavy atom. The summed E-state index contributed by atoms with van der Waals surface area (Å²) in [4.78, 5) is 39.7. The summed E-state index contributed by atoms with van der Waals surface area (Å²) in [6, 6.07) is 34.8. The van der Waals surface area contributed by atoms with Gasteiger partial charge in [0.25, 0.3) is 11.8 Å². The number of carbonyl (C=O) groups excluding carboxylic acids is 2. The molecule has 2 aromatic heterocycles. The maximum absolute atomic E-state index is 14.2. The molecule has 232 valence electrons. The van der Waals surface area contributed by atoms with Crippen LogP contribution in [0.2, 0.25) is 0 Å². The van der Waals surface area contributed by atoms with Crippen molar-refractivity contribution >= 4 is 28.4 Å². The van der Waals surface area contributed by atoms with Crippen molar-refractivity contribution in [1.82, 2.24) is 19.4 Å². The zero-order valence-corrected chi connectivity index (χ0v) is 26.0. The standard InChI is InChI=1S/C39H34N6O2/c40-23-28-14-16-29(17-15-28)25-44-27-41-24-33(44)26-45(38(46)31-12-6-2-7-13-31)32-18-19-35-34(22-32)36(30-10-4-1-5-11-30)37(42-35)39(47)43-20-8-3-9-21-43/h1-2,4-7,10-19,22,24,27,42H,3,8-9,20-21,25-26H2. The number of benzene rings is 4. The molecule has 6 aromatic rings. The van der Waals surface area contributed by atoms with Gasteiger partial charge < -0.3 is 19.4 Å². The highest BCUT2D eigenvalue weighted by Gasteiger charge is 2.27. The minimum atomic E-state index is -0.141. The Hall–Kier alpha value is -5.94. The Kier molecular flexibility index (Phi) is 8.35. The summed E-state index contributed by atoms with van der Waals surface area (Å²) >= 11 is 0. The van der Waals surface area contributed by atoms with Crippen LogP contribution in [0.4, 0.5) is 5.69 Å². The van der Waals surface area contributed by atoms with Crippen molar-refractivity contribution in [2.45, 2.75) is 32.4 Å². The number of hydrogen-bond donors (Lipinski definition) is 1. The lowest BCUT2D eigenvalue weighted by Crippen LogP contribution is -2.36. The molecule has 0 atom stereocenters. The van der Waals surface area contributed by atoms with Crippen molar-refractivity contribution in [2.24, 2.45) is 0 Å². The zero-order chi connectivity index (χ0) is 32.2. The van der Waals surface area contributed by atoms with Crippen molar-refractivity contribution in [1.29, 1.82) is 5.26 Å². The van der Waals surface area contributed by atoms with Crippen molar-refractivity contribution in [3.8, 4) is 17.2 Å². The summed E-state index contributed by atoms with van der Waals surface area (Å²) in [5.41, 5.74) is 6.98. The summed E-state index contributed by atoms with van der Waals surface area (Å²) in [5, 5.41) is 10.1. The minimum Gasteiger partial charge on any atom is -0.350 e. The molecule has 8 nitrogen and oxygen atoms in total. The van der Waals surface area contributed by atoms with Crippen LogP contribution in [-0.2, 0) is 13.1 Å². The van der Waals surface area contributed by atoms with E-state index >= 15 is 0 Å². The molecule has 1 aliphatic rings. The number of fused-ring (bicyclic) bond motifs is 1. The molecule has 47 heavy (non-hydrogen) atoms. The Morgan fingerprint density at radius 3 is 2.32 bits per heavy atom. The van der Waals surface area contributed by atoms with E-state index in [1.807, 2.05) is 100 Å². The molecular weight excluding hydrogens is 584 g/mol. The molecule has 4 aromatic carbocycles. The van der Waals surface area contributed by atoms with Gasteiger partial charge in [0.2, 0.25) is 0 Å². The Labute approximate surface area is 273 Å². The molecule has 0 bridgehead atoms. The van der Waals surface area contributed by atoms with E-state index < -0.39 is 0 Å². The fourth-order valence-electron chi connectivity index (χ4n) is 6.35. The Balaban J connectivity index is 1.31. The molecule has 3 heterocycles. The lowest BCUT2D eigenvalue weighted by atomic mass is 10.00. The number of piperidine rings is 1. The number of nitrogens with one attached hydrogen (secondary N) is 1. The van der Waals surface area contributed by atoms with Crippen molar-refractivity contribution < 1.29 is 9.59 Å². The SMILES string of the molecule is N#Cc1ccc(Cn2cncc2CN(C(=O)c2ccccc2)c2ccc3[nH]c(C(=O)N4CCCCC4)c(-c4ccccc4)c3c2)cc1. The van der Waals surface area contributed by atoms with Crippen LogP contribution in [0.25, 0.3) is 22.0 Å². The topological polar surface area (TPSA) is 98.0 Å². The molecule has 1 saturated heterocycles. The Bertz CT molecular complexity index is 2070. The van der Waals surface area contributed by atoms with Crippen LogP contribution in [0.15, 0.2) is 116 Å². The van der Waals surface area contributed by atoms with Crippen LogP contribution in [0.5, 0.6) is 0 Å². The summed E-state index contributed by atoms with van der Waals surface area (Å²) in [7, 11) is 0. The third kappa shape index (κ3) is 6.16. The smallest absolute Gasteiger partial charge is 0.270 e. The van der Waals surface area contributed by atoms with E-state index in [0.29, 0.717) is 29.1 Å². The summed E-state index contributed by atoms with van der Waals surface area (Å²) in [5.74, 6) is -0.136. The van der Waals surface area contributed by atoms with Gasteiger partial charge >= 0.3 is 0 Å². The largest absolute Gasteiger partial charge is 0.350 e. The number of nitrogens with zero attached hydrogens (tertiary/aromatic N) is 5. The second-order valence-corrected chi connectivity index (χ2v) is 11.9. The zero-order valence-electron chi connectivity index (χ0n) is 26.0. The number of carbonyl (C=O) groups is 2. The van der Waals surface area contributed by atoms with Gasteiger partial charge in [0, 0.05) is 53.5 Å². The fraction of sp³-hybridized carbons (Fsp3) is 0.179. The molecule has 0 aliphatic carbocycles. The molecule has 1 N–H and O–H groups in total. The monoisotopic (exact) mass is 618 g/mol. The van der Waals surface area contributed by atoms with Gasteiger partial charge in [-0.05, 0) is 72.9 Å². The molecular formula is C39H34N6O2. The molecule has 8 heteroatoms. The van der Waals surface area contributed by atoms with Gasteiger partial charge in [0.05, 0.1) is 30.2 Å². The average Bonchev–Trinajstić information content (AvgIpc) is 3.75. The summed E-state index contributed by atoms with van der Waals surface area (Å²) in [6.07, 6.45) is 6.71. The highest BCUT2D eigenvalue weighted by Crippen LogP contribution is 2.36. The van der Waals surface area contributed by atoms with Crippen LogP contribution < -0.4 is 4.90 Å². The number of aromatic amines is 1. The van der Waals surface area contributed by atoms with Gasteiger partial charge in [-0.15, -0.1) is 0 Å². The van der Waals surface area contributed by atoms with Crippen molar-refractivity contribution in [3.63, 3.8) is 0 Å². The molecule has 2 amide bonds. The number of H-pyrrole nitrogens is 1. The second kappa shape index (κ2) is 13.2. The number of anilines is 1. The number of likely N-dealkylation sites (tertiary alicyclic amines) is 1. The molecule has 0 unspecified atom stereocenters. The van der Waals surface area contributed by atoms with Gasteiger partial charge in [-0.1, -0.05) is 60.7 Å². The number of amides is 2. The van der Waals surface area contributed by atoms with Gasteiger partial charge in [-0.3, -0.25) is 9.59 Å². The summed E-state index contributed by atoms with van der Waals surface area (Å²) in [6.45, 7) is 2.33. The van der Waals surface area contributed by atoms with Crippen LogP contribution >= 0.6 is 0 Å². The maximum atomic E-state index is 14.2.